The zero-order valence-corrected chi connectivity index (χ0v) is 18.3. The Kier molecular flexibility index (Phi) is 8.61. The number of ether oxygens (including phenoxy) is 1. The number of hydrogen-bond donors (Lipinski definition) is 1. The Morgan fingerprint density at radius 1 is 0.833 bits per heavy atom. The smallest absolute Gasteiger partial charge is 0.133 e. The van der Waals surface area contributed by atoms with Crippen molar-refractivity contribution in [1.29, 1.82) is 0 Å². The molecule has 0 aliphatic rings. The van der Waals surface area contributed by atoms with Crippen molar-refractivity contribution in [2.24, 2.45) is 0 Å². The molecule has 0 heterocycles. The van der Waals surface area contributed by atoms with Crippen molar-refractivity contribution in [3.05, 3.63) is 94.0 Å². The van der Waals surface area contributed by atoms with E-state index in [1.807, 2.05) is 60.7 Å². The molecule has 5 heteroatoms. The summed E-state index contributed by atoms with van der Waals surface area (Å²) < 4.78 is 5.80. The molecular formula is C25H25Cl2NO2. The molecule has 0 bridgehead atoms. The first-order valence-corrected chi connectivity index (χ1v) is 10.8. The van der Waals surface area contributed by atoms with Crippen molar-refractivity contribution in [1.82, 2.24) is 0 Å². The summed E-state index contributed by atoms with van der Waals surface area (Å²) in [5.41, 5.74) is 3.19. The van der Waals surface area contributed by atoms with Gasteiger partial charge in [-0.1, -0.05) is 65.7 Å². The number of Topliss-reactive ketones (excluding diaryl/α,β-unsaturated/α-hetero) is 1. The van der Waals surface area contributed by atoms with Crippen molar-refractivity contribution in [2.75, 3.05) is 11.9 Å². The van der Waals surface area contributed by atoms with Crippen LogP contribution in [0.25, 0.3) is 0 Å². The van der Waals surface area contributed by atoms with Crippen LogP contribution in [0.4, 0.5) is 5.69 Å². The quantitative estimate of drug-likeness (QED) is 0.326. The molecule has 0 spiro atoms. The number of rotatable bonds is 11. The molecule has 0 saturated carbocycles. The summed E-state index contributed by atoms with van der Waals surface area (Å²) in [6.45, 7) is 1.27. The van der Waals surface area contributed by atoms with E-state index < -0.39 is 0 Å². The van der Waals surface area contributed by atoms with Gasteiger partial charge < -0.3 is 10.1 Å². The SMILES string of the molecule is O=C(CCCNc1ccc(Cl)c(Cl)c1)CCc1ccc(OCc2ccccc2)cc1. The molecule has 0 aliphatic heterocycles. The van der Waals surface area contributed by atoms with E-state index in [2.05, 4.69) is 5.32 Å². The highest BCUT2D eigenvalue weighted by atomic mass is 35.5. The third kappa shape index (κ3) is 7.40. The number of anilines is 1. The molecule has 3 rings (SSSR count). The molecule has 0 atom stereocenters. The minimum atomic E-state index is 0.273. The lowest BCUT2D eigenvalue weighted by Gasteiger charge is -2.08. The molecular weight excluding hydrogens is 417 g/mol. The fourth-order valence-electron chi connectivity index (χ4n) is 3.03. The van der Waals surface area contributed by atoms with Gasteiger partial charge in [0.2, 0.25) is 0 Å². The maximum atomic E-state index is 12.2. The van der Waals surface area contributed by atoms with E-state index in [1.54, 1.807) is 12.1 Å². The number of nitrogens with one attached hydrogen (secondary N) is 1. The molecule has 3 aromatic rings. The summed E-state index contributed by atoms with van der Waals surface area (Å²) in [5.74, 6) is 1.11. The summed E-state index contributed by atoms with van der Waals surface area (Å²) >= 11 is 11.9. The number of carbonyl (C=O) groups excluding carboxylic acids is 1. The number of aryl methyl sites for hydroxylation is 1. The van der Waals surface area contributed by atoms with Crippen molar-refractivity contribution in [2.45, 2.75) is 32.3 Å². The van der Waals surface area contributed by atoms with Gasteiger partial charge in [-0.25, -0.2) is 0 Å². The maximum absolute atomic E-state index is 12.2. The topological polar surface area (TPSA) is 38.3 Å². The lowest BCUT2D eigenvalue weighted by molar-refractivity contribution is -0.119. The van der Waals surface area contributed by atoms with Gasteiger partial charge >= 0.3 is 0 Å². The molecule has 0 saturated heterocycles. The van der Waals surface area contributed by atoms with Crippen LogP contribution < -0.4 is 10.1 Å². The van der Waals surface area contributed by atoms with E-state index >= 15 is 0 Å². The van der Waals surface area contributed by atoms with Gasteiger partial charge in [-0.2, -0.15) is 0 Å². The van der Waals surface area contributed by atoms with Gasteiger partial charge in [0.05, 0.1) is 10.0 Å². The van der Waals surface area contributed by atoms with Gasteiger partial charge in [-0.3, -0.25) is 4.79 Å². The summed E-state index contributed by atoms with van der Waals surface area (Å²) in [6, 6.07) is 23.5. The normalized spacial score (nSPS) is 10.6. The first-order chi connectivity index (χ1) is 14.6. The Morgan fingerprint density at radius 3 is 2.33 bits per heavy atom. The Morgan fingerprint density at radius 2 is 1.60 bits per heavy atom. The molecule has 0 fully saturated rings. The Labute approximate surface area is 188 Å². The highest BCUT2D eigenvalue weighted by molar-refractivity contribution is 6.42. The predicted molar refractivity (Wildman–Crippen MR) is 125 cm³/mol. The maximum Gasteiger partial charge on any atom is 0.133 e. The summed E-state index contributed by atoms with van der Waals surface area (Å²) in [4.78, 5) is 12.2. The van der Waals surface area contributed by atoms with Crippen LogP contribution in [0, 0.1) is 0 Å². The molecule has 0 unspecified atom stereocenters. The van der Waals surface area contributed by atoms with Gasteiger partial charge in [-0.05, 0) is 54.3 Å². The number of hydrogen-bond acceptors (Lipinski definition) is 3. The predicted octanol–water partition coefficient (Wildman–Crippen LogP) is 6.97. The van der Waals surface area contributed by atoms with Crippen LogP contribution in [0.5, 0.6) is 5.75 Å². The fraction of sp³-hybridized carbons (Fsp3) is 0.240. The number of benzene rings is 3. The Hall–Kier alpha value is -2.49. The van der Waals surface area contributed by atoms with Crippen LogP contribution in [0.1, 0.15) is 30.4 Å². The van der Waals surface area contributed by atoms with Crippen LogP contribution in [0.3, 0.4) is 0 Å². The number of carbonyl (C=O) groups is 1. The van der Waals surface area contributed by atoms with Crippen LogP contribution in [-0.2, 0) is 17.8 Å². The molecule has 3 aromatic carbocycles. The second kappa shape index (κ2) is 11.6. The van der Waals surface area contributed by atoms with Crippen LogP contribution >= 0.6 is 23.2 Å². The van der Waals surface area contributed by atoms with Gasteiger partial charge in [-0.15, -0.1) is 0 Å². The van der Waals surface area contributed by atoms with E-state index in [0.29, 0.717) is 29.5 Å². The van der Waals surface area contributed by atoms with E-state index in [-0.39, 0.29) is 5.78 Å². The molecule has 156 valence electrons. The largest absolute Gasteiger partial charge is 0.489 e. The highest BCUT2D eigenvalue weighted by Gasteiger charge is 2.04. The van der Waals surface area contributed by atoms with Gasteiger partial charge in [0.15, 0.2) is 0 Å². The minimum Gasteiger partial charge on any atom is -0.489 e. The molecule has 0 radical (unpaired) electrons. The standard InChI is InChI=1S/C25H25Cl2NO2/c26-24-15-11-21(17-25(24)27)28-16-4-7-22(29)12-8-19-9-13-23(14-10-19)30-18-20-5-2-1-3-6-20/h1-3,5-6,9-11,13-15,17,28H,4,7-8,12,16,18H2. The fourth-order valence-corrected chi connectivity index (χ4v) is 3.32. The van der Waals surface area contributed by atoms with E-state index in [0.717, 1.165) is 42.0 Å². The van der Waals surface area contributed by atoms with E-state index in [4.69, 9.17) is 27.9 Å². The number of ketones is 1. The van der Waals surface area contributed by atoms with Gasteiger partial charge in [0.1, 0.15) is 18.1 Å². The van der Waals surface area contributed by atoms with Gasteiger partial charge in [0, 0.05) is 25.1 Å². The van der Waals surface area contributed by atoms with E-state index in [1.165, 1.54) is 0 Å². The second-order valence-corrected chi connectivity index (χ2v) is 7.93. The van der Waals surface area contributed by atoms with Crippen molar-refractivity contribution in [3.63, 3.8) is 0 Å². The summed E-state index contributed by atoms with van der Waals surface area (Å²) in [6.07, 6.45) is 2.65. The molecule has 0 aliphatic carbocycles. The van der Waals surface area contributed by atoms with Crippen molar-refractivity contribution >= 4 is 34.7 Å². The van der Waals surface area contributed by atoms with E-state index in [9.17, 15) is 4.79 Å². The highest BCUT2D eigenvalue weighted by Crippen LogP contribution is 2.25. The van der Waals surface area contributed by atoms with Crippen molar-refractivity contribution < 1.29 is 9.53 Å². The molecule has 3 nitrogen and oxygen atoms in total. The Bertz CT molecular complexity index is 943. The lowest BCUT2D eigenvalue weighted by atomic mass is 10.0. The van der Waals surface area contributed by atoms with Crippen molar-refractivity contribution in [3.8, 4) is 5.75 Å². The zero-order chi connectivity index (χ0) is 21.2. The molecule has 1 N–H and O–H groups in total. The van der Waals surface area contributed by atoms with Crippen LogP contribution in [0.2, 0.25) is 10.0 Å². The molecule has 30 heavy (non-hydrogen) atoms. The lowest BCUT2D eigenvalue weighted by Crippen LogP contribution is -2.06. The first-order valence-electron chi connectivity index (χ1n) is 10.1. The summed E-state index contributed by atoms with van der Waals surface area (Å²) in [5, 5.41) is 4.32. The van der Waals surface area contributed by atoms with Crippen LogP contribution in [0.15, 0.2) is 72.8 Å². The zero-order valence-electron chi connectivity index (χ0n) is 16.7. The van der Waals surface area contributed by atoms with Crippen LogP contribution in [-0.4, -0.2) is 12.3 Å². The molecule has 0 amide bonds. The van der Waals surface area contributed by atoms with Gasteiger partial charge in [0.25, 0.3) is 0 Å². The minimum absolute atomic E-state index is 0.273. The third-order valence-corrected chi connectivity index (χ3v) is 5.48. The summed E-state index contributed by atoms with van der Waals surface area (Å²) in [7, 11) is 0. The average Bonchev–Trinajstić information content (AvgIpc) is 2.77. The first kappa shape index (κ1) is 22.2. The monoisotopic (exact) mass is 441 g/mol. The molecule has 0 aromatic heterocycles. The second-order valence-electron chi connectivity index (χ2n) is 7.12. The average molecular weight is 442 g/mol. The third-order valence-electron chi connectivity index (χ3n) is 4.75. The number of halogens is 2. The Balaban J connectivity index is 1.32.